The van der Waals surface area contributed by atoms with Crippen LogP contribution in [0.1, 0.15) is 65.2 Å². The average molecular weight is 384 g/mol. The maximum atomic E-state index is 12.6. The summed E-state index contributed by atoms with van der Waals surface area (Å²) in [6, 6.07) is 0. The molecule has 0 saturated heterocycles. The molecule has 26 heavy (non-hydrogen) atoms. The SMILES string of the molecule is C[C@H](CCC#CC(O)(C(F)(F)F)C(F)(F)F)[C@H]1CCC2CCCC[C@@]21C. The van der Waals surface area contributed by atoms with Gasteiger partial charge in [-0.3, -0.25) is 0 Å². The van der Waals surface area contributed by atoms with Gasteiger partial charge >= 0.3 is 18.0 Å². The van der Waals surface area contributed by atoms with Crippen molar-refractivity contribution in [3.8, 4) is 11.8 Å². The second-order valence-corrected chi connectivity index (χ2v) is 8.16. The first kappa shape index (κ1) is 21.4. The quantitative estimate of drug-likeness (QED) is 0.477. The molecule has 0 amide bonds. The van der Waals surface area contributed by atoms with Gasteiger partial charge in [-0.25, -0.2) is 0 Å². The Hall–Kier alpha value is -0.900. The van der Waals surface area contributed by atoms with Crippen molar-refractivity contribution in [1.29, 1.82) is 0 Å². The van der Waals surface area contributed by atoms with Gasteiger partial charge in [0.05, 0.1) is 0 Å². The summed E-state index contributed by atoms with van der Waals surface area (Å²) in [5.41, 5.74) is -4.74. The molecule has 0 heterocycles. The zero-order valence-corrected chi connectivity index (χ0v) is 15.1. The summed E-state index contributed by atoms with van der Waals surface area (Å²) in [7, 11) is 0. The molecule has 4 atom stereocenters. The van der Waals surface area contributed by atoms with E-state index in [0.29, 0.717) is 18.3 Å². The second-order valence-electron chi connectivity index (χ2n) is 8.16. The summed E-state index contributed by atoms with van der Waals surface area (Å²) in [5.74, 6) is 4.27. The molecule has 2 aliphatic rings. The van der Waals surface area contributed by atoms with Crippen molar-refractivity contribution in [2.45, 2.75) is 83.2 Å². The molecule has 2 aliphatic carbocycles. The Balaban J connectivity index is 2.01. The number of alkyl halides is 6. The average Bonchev–Trinajstić information content (AvgIpc) is 2.85. The van der Waals surface area contributed by atoms with Gasteiger partial charge in [-0.05, 0) is 61.2 Å². The van der Waals surface area contributed by atoms with E-state index in [9.17, 15) is 26.3 Å². The van der Waals surface area contributed by atoms with Crippen LogP contribution in [0.5, 0.6) is 0 Å². The normalized spacial score (nSPS) is 31.1. The van der Waals surface area contributed by atoms with Crippen LogP contribution in [0.3, 0.4) is 0 Å². The summed E-state index contributed by atoms with van der Waals surface area (Å²) in [6.45, 7) is 4.29. The topological polar surface area (TPSA) is 20.2 Å². The Morgan fingerprint density at radius 1 is 1.04 bits per heavy atom. The van der Waals surface area contributed by atoms with E-state index >= 15 is 0 Å². The minimum atomic E-state index is -5.88. The predicted molar refractivity (Wildman–Crippen MR) is 86.0 cm³/mol. The van der Waals surface area contributed by atoms with E-state index in [0.717, 1.165) is 25.2 Å². The lowest BCUT2D eigenvalue weighted by Crippen LogP contribution is -2.55. The summed E-state index contributed by atoms with van der Waals surface area (Å²) in [5, 5.41) is 9.03. The fourth-order valence-electron chi connectivity index (χ4n) is 5.03. The summed E-state index contributed by atoms with van der Waals surface area (Å²) >= 11 is 0. The van der Waals surface area contributed by atoms with Crippen molar-refractivity contribution >= 4 is 0 Å². The minimum absolute atomic E-state index is 0.0904. The standard InChI is InChI=1S/C19H26F6O/c1-13(15-10-9-14-8-4-5-11-16(14,15)2)7-3-6-12-17(26,18(20,21)22)19(23,24)25/h13-15,26H,3-5,7-11H2,1-2H3/t13-,14?,15-,16+/m1/s1. The highest BCUT2D eigenvalue weighted by Gasteiger charge is 2.70. The van der Waals surface area contributed by atoms with Crippen molar-refractivity contribution < 1.29 is 31.4 Å². The van der Waals surface area contributed by atoms with Gasteiger partial charge in [0.15, 0.2) is 0 Å². The van der Waals surface area contributed by atoms with Crippen molar-refractivity contribution in [2.75, 3.05) is 0 Å². The lowest BCUT2D eigenvalue weighted by Gasteiger charge is -2.43. The van der Waals surface area contributed by atoms with E-state index < -0.39 is 18.0 Å². The van der Waals surface area contributed by atoms with Crippen molar-refractivity contribution in [2.24, 2.45) is 23.2 Å². The first-order valence-electron chi connectivity index (χ1n) is 9.19. The van der Waals surface area contributed by atoms with Gasteiger partial charge in [0.1, 0.15) is 0 Å². The van der Waals surface area contributed by atoms with Crippen molar-refractivity contribution in [3.05, 3.63) is 0 Å². The molecule has 1 unspecified atom stereocenters. The van der Waals surface area contributed by atoms with Crippen LogP contribution >= 0.6 is 0 Å². The number of hydrogen-bond donors (Lipinski definition) is 1. The molecule has 0 radical (unpaired) electrons. The molecule has 150 valence electrons. The molecule has 2 rings (SSSR count). The Morgan fingerprint density at radius 3 is 2.23 bits per heavy atom. The van der Waals surface area contributed by atoms with Crippen LogP contribution < -0.4 is 0 Å². The molecular weight excluding hydrogens is 358 g/mol. The maximum Gasteiger partial charge on any atom is 0.438 e. The molecule has 0 aliphatic heterocycles. The lowest BCUT2D eigenvalue weighted by atomic mass is 9.62. The highest BCUT2D eigenvalue weighted by Crippen LogP contribution is 2.58. The third kappa shape index (κ3) is 3.85. The summed E-state index contributed by atoms with van der Waals surface area (Å²) in [6.07, 6.45) is -4.43. The number of rotatable bonds is 3. The largest absolute Gasteiger partial charge is 0.438 e. The molecule has 0 aromatic carbocycles. The Labute approximate surface area is 150 Å². The zero-order chi connectivity index (χ0) is 19.8. The number of aliphatic hydroxyl groups is 1. The van der Waals surface area contributed by atoms with E-state index in [2.05, 4.69) is 6.92 Å². The van der Waals surface area contributed by atoms with Crippen LogP contribution in [0, 0.1) is 35.0 Å². The van der Waals surface area contributed by atoms with Gasteiger partial charge in [-0.1, -0.05) is 32.6 Å². The van der Waals surface area contributed by atoms with E-state index in [1.807, 2.05) is 12.8 Å². The highest BCUT2D eigenvalue weighted by molar-refractivity contribution is 5.20. The molecule has 0 spiro atoms. The van der Waals surface area contributed by atoms with Crippen LogP contribution in [0.2, 0.25) is 0 Å². The molecule has 2 fully saturated rings. The van der Waals surface area contributed by atoms with Crippen LogP contribution in [0.25, 0.3) is 0 Å². The molecule has 1 N–H and O–H groups in total. The van der Waals surface area contributed by atoms with E-state index in [1.165, 1.54) is 19.3 Å². The van der Waals surface area contributed by atoms with Crippen molar-refractivity contribution in [3.63, 3.8) is 0 Å². The fraction of sp³-hybridized carbons (Fsp3) is 0.895. The molecular formula is C19H26F6O. The van der Waals surface area contributed by atoms with Crippen molar-refractivity contribution in [1.82, 2.24) is 0 Å². The Bertz CT molecular complexity index is 541. The Kier molecular flexibility index (Phi) is 5.97. The molecule has 0 aromatic heterocycles. The molecule has 0 bridgehead atoms. The third-order valence-electron chi connectivity index (χ3n) is 6.63. The smallest absolute Gasteiger partial charge is 0.363 e. The van der Waals surface area contributed by atoms with Crippen LogP contribution in [-0.4, -0.2) is 23.1 Å². The molecule has 1 nitrogen and oxygen atoms in total. The van der Waals surface area contributed by atoms with Gasteiger partial charge in [0.2, 0.25) is 0 Å². The number of fused-ring (bicyclic) bond motifs is 1. The second kappa shape index (κ2) is 7.26. The Morgan fingerprint density at radius 2 is 1.65 bits per heavy atom. The highest BCUT2D eigenvalue weighted by atomic mass is 19.4. The fourth-order valence-corrected chi connectivity index (χ4v) is 5.03. The first-order chi connectivity index (χ1) is 11.8. The van der Waals surface area contributed by atoms with Crippen LogP contribution in [-0.2, 0) is 0 Å². The summed E-state index contributed by atoms with van der Waals surface area (Å²) in [4.78, 5) is 0. The minimum Gasteiger partial charge on any atom is -0.363 e. The van der Waals surface area contributed by atoms with Crippen LogP contribution in [0.4, 0.5) is 26.3 Å². The number of hydrogen-bond acceptors (Lipinski definition) is 1. The lowest BCUT2D eigenvalue weighted by molar-refractivity contribution is -0.343. The molecule has 2 saturated carbocycles. The molecule has 0 aromatic rings. The van der Waals surface area contributed by atoms with Gasteiger partial charge in [0.25, 0.3) is 0 Å². The first-order valence-corrected chi connectivity index (χ1v) is 9.19. The zero-order valence-electron chi connectivity index (χ0n) is 15.1. The van der Waals surface area contributed by atoms with Gasteiger partial charge in [0, 0.05) is 6.42 Å². The molecule has 7 heteroatoms. The van der Waals surface area contributed by atoms with Crippen LogP contribution in [0.15, 0.2) is 0 Å². The van der Waals surface area contributed by atoms with Gasteiger partial charge in [-0.2, -0.15) is 26.3 Å². The van der Waals surface area contributed by atoms with E-state index in [4.69, 9.17) is 5.11 Å². The van der Waals surface area contributed by atoms with E-state index in [1.54, 1.807) is 0 Å². The predicted octanol–water partition coefficient (Wildman–Crippen LogP) is 5.87. The number of halogens is 6. The third-order valence-corrected chi connectivity index (χ3v) is 6.63. The van der Waals surface area contributed by atoms with Gasteiger partial charge < -0.3 is 5.11 Å². The van der Waals surface area contributed by atoms with Gasteiger partial charge in [-0.15, -0.1) is 0 Å². The van der Waals surface area contributed by atoms with E-state index in [-0.39, 0.29) is 17.8 Å². The monoisotopic (exact) mass is 384 g/mol. The summed E-state index contributed by atoms with van der Waals surface area (Å²) < 4.78 is 75.6. The maximum absolute atomic E-state index is 12.6.